The van der Waals surface area contributed by atoms with Crippen LogP contribution in [-0.2, 0) is 11.8 Å². The summed E-state index contributed by atoms with van der Waals surface area (Å²) >= 11 is 2.79. The van der Waals surface area contributed by atoms with Crippen molar-refractivity contribution < 1.29 is 13.9 Å². The van der Waals surface area contributed by atoms with Gasteiger partial charge in [0.1, 0.15) is 10.5 Å². The number of thioether (sulfide) groups is 1. The van der Waals surface area contributed by atoms with Crippen LogP contribution in [-0.4, -0.2) is 22.6 Å². The summed E-state index contributed by atoms with van der Waals surface area (Å²) in [5, 5.41) is 2.35. The molecule has 0 aliphatic heterocycles. The number of ether oxygens (including phenoxy) is 1. The van der Waals surface area contributed by atoms with Gasteiger partial charge in [-0.3, -0.25) is 9.36 Å². The number of furan rings is 1. The smallest absolute Gasteiger partial charge is 0.373 e. The average Bonchev–Trinajstić information content (AvgIpc) is 3.20. The number of rotatable bonds is 4. The Morgan fingerprint density at radius 3 is 2.96 bits per heavy atom. The van der Waals surface area contributed by atoms with E-state index in [1.54, 1.807) is 19.2 Å². The fourth-order valence-corrected chi connectivity index (χ4v) is 3.83. The van der Waals surface area contributed by atoms with Crippen molar-refractivity contribution in [2.75, 3.05) is 7.11 Å². The number of carbonyl (C=O) groups excluding carboxylic acids is 1. The number of hydrogen-bond donors (Lipinski definition) is 0. The summed E-state index contributed by atoms with van der Waals surface area (Å²) in [5.74, 6) is 0.263. The van der Waals surface area contributed by atoms with Crippen molar-refractivity contribution in [3.63, 3.8) is 0 Å². The molecule has 0 unspecified atom stereocenters. The Labute approximate surface area is 140 Å². The highest BCUT2D eigenvalue weighted by Gasteiger charge is 2.19. The Morgan fingerprint density at radius 1 is 1.43 bits per heavy atom. The van der Waals surface area contributed by atoms with E-state index >= 15 is 0 Å². The first-order chi connectivity index (χ1) is 11.0. The molecule has 120 valence electrons. The van der Waals surface area contributed by atoms with Gasteiger partial charge in [0, 0.05) is 7.05 Å². The van der Waals surface area contributed by atoms with Gasteiger partial charge >= 0.3 is 5.97 Å². The quantitative estimate of drug-likeness (QED) is 0.409. The molecule has 0 amide bonds. The van der Waals surface area contributed by atoms with Crippen LogP contribution < -0.4 is 5.56 Å². The van der Waals surface area contributed by atoms with Crippen LogP contribution in [0.5, 0.6) is 0 Å². The molecule has 3 rings (SSSR count). The Bertz CT molecular complexity index is 925. The number of thiophene rings is 1. The fourth-order valence-electron chi connectivity index (χ4n) is 2.07. The van der Waals surface area contributed by atoms with Crippen LogP contribution in [0.15, 0.2) is 37.9 Å². The maximum Gasteiger partial charge on any atom is 0.373 e. The zero-order chi connectivity index (χ0) is 16.6. The fraction of sp³-hybridized carbons (Fsp3) is 0.267. The lowest BCUT2D eigenvalue weighted by molar-refractivity contribution is 0.0563. The van der Waals surface area contributed by atoms with Crippen molar-refractivity contribution in [1.82, 2.24) is 9.55 Å². The molecule has 0 aliphatic rings. The van der Waals surface area contributed by atoms with E-state index in [2.05, 4.69) is 9.72 Å². The SMILES string of the molecule is COC(=O)c1ccc([C@@H](C)Sc2nc3ccsc3c(=O)n2C)o1. The molecule has 8 heteroatoms. The summed E-state index contributed by atoms with van der Waals surface area (Å²) in [6.45, 7) is 1.93. The van der Waals surface area contributed by atoms with Gasteiger partial charge in [0.05, 0.1) is 17.9 Å². The van der Waals surface area contributed by atoms with Gasteiger partial charge in [-0.05, 0) is 30.5 Å². The zero-order valence-corrected chi connectivity index (χ0v) is 14.4. The molecule has 0 N–H and O–H groups in total. The van der Waals surface area contributed by atoms with E-state index in [-0.39, 0.29) is 16.6 Å². The molecule has 3 aromatic heterocycles. The average molecular weight is 350 g/mol. The molecule has 23 heavy (non-hydrogen) atoms. The Balaban J connectivity index is 1.89. The monoisotopic (exact) mass is 350 g/mol. The van der Waals surface area contributed by atoms with Gasteiger partial charge in [0.25, 0.3) is 5.56 Å². The number of fused-ring (bicyclic) bond motifs is 1. The van der Waals surface area contributed by atoms with Crippen LogP contribution in [0.25, 0.3) is 10.2 Å². The largest absolute Gasteiger partial charge is 0.463 e. The highest BCUT2D eigenvalue weighted by molar-refractivity contribution is 7.99. The molecule has 0 saturated carbocycles. The molecule has 3 heterocycles. The van der Waals surface area contributed by atoms with E-state index in [1.807, 2.05) is 18.4 Å². The summed E-state index contributed by atoms with van der Waals surface area (Å²) in [5.41, 5.74) is 0.636. The van der Waals surface area contributed by atoms with Crippen LogP contribution in [0.3, 0.4) is 0 Å². The molecule has 3 aromatic rings. The number of methoxy groups -OCH3 is 1. The van der Waals surface area contributed by atoms with E-state index in [4.69, 9.17) is 4.42 Å². The molecule has 0 spiro atoms. The lowest BCUT2D eigenvalue weighted by Crippen LogP contribution is -2.19. The second kappa shape index (κ2) is 6.21. The highest BCUT2D eigenvalue weighted by atomic mass is 32.2. The van der Waals surface area contributed by atoms with Crippen molar-refractivity contribution in [3.8, 4) is 0 Å². The molecule has 0 radical (unpaired) electrons. The molecule has 0 aliphatic carbocycles. The summed E-state index contributed by atoms with van der Waals surface area (Å²) in [6.07, 6.45) is 0. The van der Waals surface area contributed by atoms with Crippen LogP contribution in [0.4, 0.5) is 0 Å². The summed E-state index contributed by atoms with van der Waals surface area (Å²) < 4.78 is 12.3. The lowest BCUT2D eigenvalue weighted by Gasteiger charge is -2.11. The van der Waals surface area contributed by atoms with Crippen molar-refractivity contribution in [1.29, 1.82) is 0 Å². The van der Waals surface area contributed by atoms with Gasteiger partial charge in [0.2, 0.25) is 5.76 Å². The number of nitrogens with zero attached hydrogens (tertiary/aromatic N) is 2. The summed E-state index contributed by atoms with van der Waals surface area (Å²) in [6, 6.07) is 5.14. The Hall–Kier alpha value is -2.06. The van der Waals surface area contributed by atoms with Crippen LogP contribution in [0.1, 0.15) is 28.5 Å². The first-order valence-electron chi connectivity index (χ1n) is 6.80. The minimum Gasteiger partial charge on any atom is -0.463 e. The van der Waals surface area contributed by atoms with Crippen molar-refractivity contribution in [3.05, 3.63) is 45.5 Å². The molecule has 6 nitrogen and oxygen atoms in total. The molecular formula is C15H14N2O4S2. The number of hydrogen-bond acceptors (Lipinski definition) is 7. The van der Waals surface area contributed by atoms with Crippen LogP contribution in [0.2, 0.25) is 0 Å². The van der Waals surface area contributed by atoms with E-state index in [9.17, 15) is 9.59 Å². The van der Waals surface area contributed by atoms with Gasteiger partial charge in [0.15, 0.2) is 5.16 Å². The molecule has 1 atom stereocenters. The standard InChI is InChI=1S/C15H14N2O4S2/c1-8(10-4-5-11(21-10)14(19)20-3)23-15-16-9-6-7-22-12(9)13(18)17(15)2/h4-8H,1-3H3/t8-/m1/s1. The van der Waals surface area contributed by atoms with Crippen molar-refractivity contribution in [2.45, 2.75) is 17.3 Å². The van der Waals surface area contributed by atoms with E-state index in [0.717, 1.165) is 0 Å². The van der Waals surface area contributed by atoms with Crippen molar-refractivity contribution >= 4 is 39.3 Å². The first-order valence-corrected chi connectivity index (χ1v) is 8.56. The molecule has 0 saturated heterocycles. The van der Waals surface area contributed by atoms with Crippen LogP contribution >= 0.6 is 23.1 Å². The predicted octanol–water partition coefficient (Wildman–Crippen LogP) is 3.23. The van der Waals surface area contributed by atoms with Crippen LogP contribution in [0, 0.1) is 0 Å². The van der Waals surface area contributed by atoms with E-state index < -0.39 is 5.97 Å². The molecule has 0 bridgehead atoms. The molecule has 0 fully saturated rings. The zero-order valence-electron chi connectivity index (χ0n) is 12.7. The second-order valence-corrected chi connectivity index (χ2v) is 7.07. The number of aromatic nitrogens is 2. The minimum atomic E-state index is -0.515. The van der Waals surface area contributed by atoms with Crippen molar-refractivity contribution in [2.24, 2.45) is 7.05 Å². The lowest BCUT2D eigenvalue weighted by atomic mass is 10.3. The Kier molecular flexibility index (Phi) is 4.27. The predicted molar refractivity (Wildman–Crippen MR) is 89.2 cm³/mol. The van der Waals surface area contributed by atoms with Gasteiger partial charge in [-0.1, -0.05) is 11.8 Å². The number of carbonyl (C=O) groups is 1. The number of esters is 1. The maximum atomic E-state index is 12.3. The normalized spacial score (nSPS) is 12.5. The van der Waals surface area contributed by atoms with E-state index in [1.165, 1.54) is 34.8 Å². The van der Waals surface area contributed by atoms with E-state index in [0.29, 0.717) is 21.1 Å². The van der Waals surface area contributed by atoms with Gasteiger partial charge in [-0.25, -0.2) is 9.78 Å². The Morgan fingerprint density at radius 2 is 2.22 bits per heavy atom. The molecular weight excluding hydrogens is 336 g/mol. The van der Waals surface area contributed by atoms with Gasteiger partial charge in [-0.2, -0.15) is 0 Å². The maximum absolute atomic E-state index is 12.3. The summed E-state index contributed by atoms with van der Waals surface area (Å²) in [4.78, 5) is 28.3. The third-order valence-electron chi connectivity index (χ3n) is 3.34. The molecule has 0 aromatic carbocycles. The minimum absolute atomic E-state index is 0.0607. The van der Waals surface area contributed by atoms with Gasteiger partial charge < -0.3 is 9.15 Å². The van der Waals surface area contributed by atoms with Gasteiger partial charge in [-0.15, -0.1) is 11.3 Å². The second-order valence-electron chi connectivity index (χ2n) is 4.85. The third kappa shape index (κ3) is 2.91. The summed E-state index contributed by atoms with van der Waals surface area (Å²) in [7, 11) is 3.00. The highest BCUT2D eigenvalue weighted by Crippen LogP contribution is 2.34. The topological polar surface area (TPSA) is 74.3 Å². The third-order valence-corrected chi connectivity index (χ3v) is 5.40. The first kappa shape index (κ1) is 15.8.